The van der Waals surface area contributed by atoms with Gasteiger partial charge in [0.1, 0.15) is 0 Å². The van der Waals surface area contributed by atoms with Crippen molar-refractivity contribution in [1.29, 1.82) is 0 Å². The van der Waals surface area contributed by atoms with Crippen LogP contribution in [0, 0.1) is 0 Å². The first-order chi connectivity index (χ1) is 11.7. The summed E-state index contributed by atoms with van der Waals surface area (Å²) in [6, 6.07) is 0. The highest BCUT2D eigenvalue weighted by Gasteiger charge is 2.47. The first-order valence-electron chi connectivity index (χ1n) is 8.18. The summed E-state index contributed by atoms with van der Waals surface area (Å²) in [6.07, 6.45) is -6.45. The number of carboxylic acid groups (broad SMARTS) is 3. The van der Waals surface area contributed by atoms with Crippen LogP contribution in [0.2, 0.25) is 0 Å². The van der Waals surface area contributed by atoms with Gasteiger partial charge >= 0.3 is 17.9 Å². The van der Waals surface area contributed by atoms with E-state index >= 15 is 0 Å². The minimum Gasteiger partial charge on any atom is -0.479 e. The van der Waals surface area contributed by atoms with Gasteiger partial charge in [0, 0.05) is 0 Å². The van der Waals surface area contributed by atoms with Crippen LogP contribution in [0.3, 0.4) is 0 Å². The van der Waals surface area contributed by atoms with Crippen molar-refractivity contribution in [2.24, 2.45) is 5.73 Å². The number of nitrogens with two attached hydrogens (primary N) is 1. The molecule has 0 aliphatic carbocycles. The summed E-state index contributed by atoms with van der Waals surface area (Å²) in [6.45, 7) is 8.43. The van der Waals surface area contributed by atoms with Gasteiger partial charge in [-0.05, 0) is 41.5 Å². The van der Waals surface area contributed by atoms with Crippen LogP contribution in [0.15, 0.2) is 0 Å². The average Bonchev–Trinajstić information content (AvgIpc) is 2.52. The number of aliphatic carboxylic acids is 3. The molecular formula is C16H29NO9. The molecule has 0 aromatic rings. The smallest absolute Gasteiger partial charge is 0.332 e. The molecule has 10 nitrogen and oxygen atoms in total. The van der Waals surface area contributed by atoms with Crippen LogP contribution in [-0.2, 0) is 28.6 Å². The van der Waals surface area contributed by atoms with Crippen molar-refractivity contribution >= 4 is 17.9 Å². The third kappa shape index (κ3) is 6.20. The summed E-state index contributed by atoms with van der Waals surface area (Å²) in [7, 11) is 0. The number of hydrogen-bond donors (Lipinski definition) is 4. The molecule has 0 radical (unpaired) electrons. The molecule has 0 aromatic carbocycles. The van der Waals surface area contributed by atoms with E-state index in [0.717, 1.165) is 0 Å². The number of rotatable bonds is 12. The zero-order chi connectivity index (χ0) is 20.8. The number of ether oxygens (including phenoxy) is 3. The lowest BCUT2D eigenvalue weighted by Crippen LogP contribution is -2.67. The second kappa shape index (κ2) is 9.81. The molecule has 0 aliphatic heterocycles. The predicted molar refractivity (Wildman–Crippen MR) is 89.9 cm³/mol. The van der Waals surface area contributed by atoms with Gasteiger partial charge in [0.2, 0.25) is 0 Å². The summed E-state index contributed by atoms with van der Waals surface area (Å²) in [4.78, 5) is 33.2. The fourth-order valence-electron chi connectivity index (χ4n) is 2.44. The second-order valence-electron chi connectivity index (χ2n) is 6.28. The third-order valence-corrected chi connectivity index (χ3v) is 4.38. The van der Waals surface area contributed by atoms with Gasteiger partial charge in [-0.1, -0.05) is 0 Å². The van der Waals surface area contributed by atoms with E-state index in [1.807, 2.05) is 0 Å². The molecule has 26 heavy (non-hydrogen) atoms. The molecule has 6 unspecified atom stereocenters. The van der Waals surface area contributed by atoms with E-state index in [9.17, 15) is 14.4 Å². The van der Waals surface area contributed by atoms with E-state index < -0.39 is 60.1 Å². The summed E-state index contributed by atoms with van der Waals surface area (Å²) in [5.41, 5.74) is 4.89. The maximum absolute atomic E-state index is 11.1. The first-order valence-corrected chi connectivity index (χ1v) is 8.18. The molecular weight excluding hydrogens is 350 g/mol. The molecule has 10 heteroatoms. The molecule has 0 aliphatic rings. The molecule has 0 saturated carbocycles. The van der Waals surface area contributed by atoms with Gasteiger partial charge in [-0.3, -0.25) is 0 Å². The zero-order valence-electron chi connectivity index (χ0n) is 15.8. The lowest BCUT2D eigenvalue weighted by Gasteiger charge is -2.45. The normalized spacial score (nSPS) is 20.9. The van der Waals surface area contributed by atoms with Crippen molar-refractivity contribution in [2.45, 2.75) is 83.7 Å². The van der Waals surface area contributed by atoms with Gasteiger partial charge in [0.05, 0.1) is 23.9 Å². The minimum atomic E-state index is -1.53. The van der Waals surface area contributed by atoms with E-state index in [4.69, 9.17) is 35.3 Å². The van der Waals surface area contributed by atoms with Gasteiger partial charge in [-0.25, -0.2) is 14.4 Å². The molecule has 0 rings (SSSR count). The number of hydrogen-bond acceptors (Lipinski definition) is 7. The molecule has 0 bridgehead atoms. The Kier molecular flexibility index (Phi) is 9.15. The molecule has 5 N–H and O–H groups in total. The second-order valence-corrected chi connectivity index (χ2v) is 6.28. The topological polar surface area (TPSA) is 166 Å². The van der Waals surface area contributed by atoms with Gasteiger partial charge < -0.3 is 35.3 Å². The first kappa shape index (κ1) is 24.2. The highest BCUT2D eigenvalue weighted by atomic mass is 16.6. The zero-order valence-corrected chi connectivity index (χ0v) is 15.8. The predicted octanol–water partition coefficient (Wildman–Crippen LogP) is 0.319. The average molecular weight is 379 g/mol. The maximum Gasteiger partial charge on any atom is 0.332 e. The van der Waals surface area contributed by atoms with Crippen LogP contribution in [-0.4, -0.2) is 75.4 Å². The van der Waals surface area contributed by atoms with Crippen molar-refractivity contribution in [1.82, 2.24) is 0 Å². The molecule has 0 fully saturated rings. The Balaban J connectivity index is 5.63. The summed E-state index contributed by atoms with van der Waals surface area (Å²) in [5, 5.41) is 27.1. The van der Waals surface area contributed by atoms with Crippen LogP contribution < -0.4 is 5.73 Å². The monoisotopic (exact) mass is 379 g/mol. The van der Waals surface area contributed by atoms with Crippen molar-refractivity contribution in [2.75, 3.05) is 0 Å². The Morgan fingerprint density at radius 3 is 1.00 bits per heavy atom. The molecule has 152 valence electrons. The van der Waals surface area contributed by atoms with Crippen LogP contribution in [0.5, 0.6) is 0 Å². The maximum atomic E-state index is 11.1. The molecule has 0 amide bonds. The minimum absolute atomic E-state index is 0.958. The van der Waals surface area contributed by atoms with Crippen LogP contribution in [0.1, 0.15) is 41.5 Å². The quantitative estimate of drug-likeness (QED) is 0.371. The number of carboxylic acids is 3. The van der Waals surface area contributed by atoms with Crippen molar-refractivity contribution in [3.8, 4) is 0 Å². The Labute approximate surface area is 152 Å². The largest absolute Gasteiger partial charge is 0.479 e. The Bertz CT molecular complexity index is 441. The van der Waals surface area contributed by atoms with E-state index in [2.05, 4.69) is 0 Å². The SMILES string of the molecule is CC(OC(C)C(N)(C(C)OC(C)C(=O)O)C(C)OC(C)C(=O)O)C(=O)O. The van der Waals surface area contributed by atoms with Crippen molar-refractivity contribution in [3.05, 3.63) is 0 Å². The molecule has 6 atom stereocenters. The molecule has 0 aromatic heterocycles. The van der Waals surface area contributed by atoms with Gasteiger partial charge in [0.15, 0.2) is 18.3 Å². The summed E-state index contributed by atoms with van der Waals surface area (Å²) >= 11 is 0. The Morgan fingerprint density at radius 2 is 0.846 bits per heavy atom. The van der Waals surface area contributed by atoms with Gasteiger partial charge in [-0.2, -0.15) is 0 Å². The Hall–Kier alpha value is -1.75. The highest BCUT2D eigenvalue weighted by Crippen LogP contribution is 2.27. The molecule has 0 saturated heterocycles. The highest BCUT2D eigenvalue weighted by molar-refractivity contribution is 5.72. The lowest BCUT2D eigenvalue weighted by atomic mass is 9.83. The van der Waals surface area contributed by atoms with Gasteiger partial charge in [0.25, 0.3) is 0 Å². The summed E-state index contributed by atoms with van der Waals surface area (Å²) in [5.74, 6) is -3.63. The van der Waals surface area contributed by atoms with E-state index in [-0.39, 0.29) is 0 Å². The van der Waals surface area contributed by atoms with Crippen molar-refractivity contribution in [3.63, 3.8) is 0 Å². The van der Waals surface area contributed by atoms with E-state index in [1.54, 1.807) is 0 Å². The van der Waals surface area contributed by atoms with E-state index in [0.29, 0.717) is 0 Å². The van der Waals surface area contributed by atoms with Crippen molar-refractivity contribution < 1.29 is 43.9 Å². The van der Waals surface area contributed by atoms with E-state index in [1.165, 1.54) is 41.5 Å². The van der Waals surface area contributed by atoms with Crippen LogP contribution >= 0.6 is 0 Å². The lowest BCUT2D eigenvalue weighted by molar-refractivity contribution is -0.185. The third-order valence-electron chi connectivity index (χ3n) is 4.38. The molecule has 0 heterocycles. The summed E-state index contributed by atoms with van der Waals surface area (Å²) < 4.78 is 16.3. The standard InChI is InChI=1S/C16H29NO9/c1-7(13(18)19)24-10(4)16(17,11(5)25-8(2)14(20)21)12(6)26-9(3)15(22)23/h7-12H,17H2,1-6H3,(H,18,19)(H,20,21)(H,22,23). The van der Waals surface area contributed by atoms with Crippen LogP contribution in [0.4, 0.5) is 0 Å². The number of carbonyl (C=O) groups is 3. The molecule has 0 spiro atoms. The van der Waals surface area contributed by atoms with Crippen LogP contribution in [0.25, 0.3) is 0 Å². The van der Waals surface area contributed by atoms with Gasteiger partial charge in [-0.15, -0.1) is 0 Å². The fourth-order valence-corrected chi connectivity index (χ4v) is 2.44. The fraction of sp³-hybridized carbons (Fsp3) is 0.812. The Morgan fingerprint density at radius 1 is 0.654 bits per heavy atom.